The lowest BCUT2D eigenvalue weighted by molar-refractivity contribution is -0.384. The van der Waals surface area contributed by atoms with Gasteiger partial charge in [0.05, 0.1) is 15.5 Å². The van der Waals surface area contributed by atoms with Crippen molar-refractivity contribution < 1.29 is 13.3 Å². The molecule has 12 nitrogen and oxygen atoms in total. The average molecular weight is 416 g/mol. The summed E-state index contributed by atoms with van der Waals surface area (Å²) >= 11 is 0. The quantitative estimate of drug-likeness (QED) is 0.370. The highest BCUT2D eigenvalue weighted by Gasteiger charge is 2.15. The molecular weight excluding hydrogens is 400 g/mol. The van der Waals surface area contributed by atoms with Gasteiger partial charge in [-0.15, -0.1) is 5.11 Å². The lowest BCUT2D eigenvalue weighted by Crippen LogP contribution is -2.34. The highest BCUT2D eigenvalue weighted by molar-refractivity contribution is 7.92. The van der Waals surface area contributed by atoms with Gasteiger partial charge in [-0.05, 0) is 36.4 Å². The Labute approximate surface area is 165 Å². The lowest BCUT2D eigenvalue weighted by atomic mass is 10.2. The van der Waals surface area contributed by atoms with Crippen molar-refractivity contribution in [2.45, 2.75) is 11.8 Å². The molecule has 0 saturated carbocycles. The van der Waals surface area contributed by atoms with E-state index in [-0.39, 0.29) is 16.2 Å². The standard InChI is InChI=1S/C16H16N8O4S/c1-12-3-9-15(10-4-12)29(27,28)21-23-11-17-22(2)16(23)19-20-18-13-5-7-14(8-6-13)24(25)26/h3-11,21H,1-2H3. The van der Waals surface area contributed by atoms with E-state index >= 15 is 0 Å². The first kappa shape index (κ1) is 19.9. The second-order valence-electron chi connectivity index (χ2n) is 5.90. The fraction of sp³-hybridized carbons (Fsp3) is 0.125. The van der Waals surface area contributed by atoms with Gasteiger partial charge in [0.2, 0.25) is 0 Å². The first-order valence-electron chi connectivity index (χ1n) is 8.15. The molecule has 1 heterocycles. The van der Waals surface area contributed by atoms with E-state index in [1.165, 1.54) is 47.4 Å². The molecule has 1 aromatic heterocycles. The molecule has 0 saturated heterocycles. The van der Waals surface area contributed by atoms with E-state index in [0.717, 1.165) is 10.2 Å². The number of non-ortho nitro benzene ring substituents is 1. The van der Waals surface area contributed by atoms with Crippen molar-refractivity contribution in [3.8, 4) is 0 Å². The van der Waals surface area contributed by atoms with Crippen LogP contribution in [0.4, 0.5) is 11.4 Å². The molecule has 0 fully saturated rings. The predicted octanol–water partition coefficient (Wildman–Crippen LogP) is 1.97. The molecule has 29 heavy (non-hydrogen) atoms. The van der Waals surface area contributed by atoms with Gasteiger partial charge in [0.1, 0.15) is 6.33 Å². The minimum Gasteiger partial charge on any atom is -0.258 e. The molecule has 0 atom stereocenters. The van der Waals surface area contributed by atoms with E-state index in [4.69, 9.17) is 0 Å². The molecule has 0 bridgehead atoms. The molecule has 1 N–H and O–H groups in total. The highest BCUT2D eigenvalue weighted by atomic mass is 32.2. The molecule has 3 aromatic rings. The Kier molecular flexibility index (Phi) is 5.50. The number of hydrogen-bond acceptors (Lipinski definition) is 7. The van der Waals surface area contributed by atoms with Gasteiger partial charge in [-0.2, -0.15) is 18.2 Å². The van der Waals surface area contributed by atoms with Crippen LogP contribution in [0, 0.1) is 17.0 Å². The zero-order chi connectivity index (χ0) is 21.0. The van der Waals surface area contributed by atoms with Gasteiger partial charge in [0.25, 0.3) is 21.3 Å². The molecule has 0 aliphatic rings. The first-order chi connectivity index (χ1) is 13.8. The van der Waals surface area contributed by atoms with Gasteiger partial charge in [0, 0.05) is 19.2 Å². The van der Waals surface area contributed by atoms with Gasteiger partial charge in [-0.3, -0.25) is 10.1 Å². The Bertz CT molecular complexity index is 1230. The zero-order valence-electron chi connectivity index (χ0n) is 15.4. The van der Waals surface area contributed by atoms with Crippen molar-refractivity contribution in [1.29, 1.82) is 0 Å². The maximum atomic E-state index is 12.5. The maximum Gasteiger partial charge on any atom is 0.275 e. The van der Waals surface area contributed by atoms with E-state index < -0.39 is 14.9 Å². The van der Waals surface area contributed by atoms with E-state index in [1.54, 1.807) is 19.2 Å². The number of nitro groups is 1. The lowest BCUT2D eigenvalue weighted by Gasteiger charge is -2.08. The molecule has 0 radical (unpaired) electrons. The summed E-state index contributed by atoms with van der Waals surface area (Å²) in [4.78, 5) is 12.6. The number of rotatable bonds is 6. The summed E-state index contributed by atoms with van der Waals surface area (Å²) < 4.78 is 27.5. The van der Waals surface area contributed by atoms with Crippen molar-refractivity contribution >= 4 is 21.4 Å². The Balaban J connectivity index is 1.85. The molecule has 0 amide bonds. The molecule has 0 aliphatic carbocycles. The van der Waals surface area contributed by atoms with Gasteiger partial charge < -0.3 is 0 Å². The van der Waals surface area contributed by atoms with Crippen molar-refractivity contribution in [3.05, 3.63) is 76.2 Å². The second kappa shape index (κ2) is 8.02. The SMILES string of the molecule is Cc1ccc(S(=O)(=O)Nn2cnn(C)c2=NN=Nc2ccc([N+](=O)[O-])cc2)cc1. The number of aryl methyl sites for hydroxylation is 2. The number of nitrogens with zero attached hydrogens (tertiary/aromatic N) is 7. The summed E-state index contributed by atoms with van der Waals surface area (Å²) in [5.41, 5.74) is 1.26. The number of sulfonamides is 1. The molecule has 3 rings (SSSR count). The Morgan fingerprint density at radius 3 is 2.38 bits per heavy atom. The average Bonchev–Trinajstić information content (AvgIpc) is 3.01. The molecular formula is C16H16N8O4S. The van der Waals surface area contributed by atoms with E-state index in [2.05, 4.69) is 25.4 Å². The van der Waals surface area contributed by atoms with Crippen LogP contribution in [0.5, 0.6) is 0 Å². The normalized spacial score (nSPS) is 12.4. The number of benzene rings is 2. The highest BCUT2D eigenvalue weighted by Crippen LogP contribution is 2.18. The third kappa shape index (κ3) is 4.70. The van der Waals surface area contributed by atoms with Crippen molar-refractivity contribution in [2.24, 2.45) is 22.5 Å². The molecule has 150 valence electrons. The van der Waals surface area contributed by atoms with Crippen LogP contribution in [0.2, 0.25) is 0 Å². The first-order valence-corrected chi connectivity index (χ1v) is 9.64. The zero-order valence-corrected chi connectivity index (χ0v) is 16.2. The van der Waals surface area contributed by atoms with Crippen LogP contribution in [0.1, 0.15) is 5.56 Å². The summed E-state index contributed by atoms with van der Waals surface area (Å²) in [5.74, 6) is 0. The van der Waals surface area contributed by atoms with Gasteiger partial charge in [-0.1, -0.05) is 22.8 Å². The maximum absolute atomic E-state index is 12.5. The monoisotopic (exact) mass is 416 g/mol. The van der Waals surface area contributed by atoms with Gasteiger partial charge in [-0.25, -0.2) is 9.51 Å². The number of hydrogen-bond donors (Lipinski definition) is 1. The van der Waals surface area contributed by atoms with Crippen molar-refractivity contribution in [1.82, 2.24) is 14.5 Å². The van der Waals surface area contributed by atoms with Crippen LogP contribution in [-0.4, -0.2) is 27.8 Å². The minimum absolute atomic E-state index is 0.0614. The minimum atomic E-state index is -3.87. The Morgan fingerprint density at radius 1 is 1.10 bits per heavy atom. The Morgan fingerprint density at radius 2 is 1.76 bits per heavy atom. The summed E-state index contributed by atoms with van der Waals surface area (Å²) in [7, 11) is -2.31. The van der Waals surface area contributed by atoms with E-state index in [0.29, 0.717) is 5.69 Å². The summed E-state index contributed by atoms with van der Waals surface area (Å²) in [6.45, 7) is 1.85. The Hall–Kier alpha value is -3.87. The molecule has 2 aromatic carbocycles. The van der Waals surface area contributed by atoms with Crippen LogP contribution in [-0.2, 0) is 17.1 Å². The third-order valence-electron chi connectivity index (χ3n) is 3.75. The molecule has 13 heteroatoms. The topological polar surface area (TPSA) is 149 Å². The fourth-order valence-corrected chi connectivity index (χ4v) is 3.21. The number of nitrogens with one attached hydrogen (secondary N) is 1. The van der Waals surface area contributed by atoms with E-state index in [9.17, 15) is 18.5 Å². The number of nitro benzene ring substituents is 1. The summed E-state index contributed by atoms with van der Waals surface area (Å²) in [6.07, 6.45) is 1.23. The molecule has 0 aliphatic heterocycles. The smallest absolute Gasteiger partial charge is 0.258 e. The fourth-order valence-electron chi connectivity index (χ4n) is 2.22. The largest absolute Gasteiger partial charge is 0.275 e. The van der Waals surface area contributed by atoms with Crippen LogP contribution < -0.4 is 10.4 Å². The van der Waals surface area contributed by atoms with E-state index in [1.807, 2.05) is 6.92 Å². The molecule has 0 unspecified atom stereocenters. The predicted molar refractivity (Wildman–Crippen MR) is 102 cm³/mol. The van der Waals surface area contributed by atoms with Crippen LogP contribution >= 0.6 is 0 Å². The summed E-state index contributed by atoms with van der Waals surface area (Å²) in [5, 5.41) is 26.0. The van der Waals surface area contributed by atoms with Gasteiger partial charge >= 0.3 is 0 Å². The van der Waals surface area contributed by atoms with Crippen LogP contribution in [0.3, 0.4) is 0 Å². The van der Waals surface area contributed by atoms with Crippen LogP contribution in [0.15, 0.2) is 75.2 Å². The molecule has 0 spiro atoms. The number of aromatic nitrogens is 3. The van der Waals surface area contributed by atoms with Crippen LogP contribution in [0.25, 0.3) is 0 Å². The second-order valence-corrected chi connectivity index (χ2v) is 7.56. The third-order valence-corrected chi connectivity index (χ3v) is 5.08. The summed E-state index contributed by atoms with van der Waals surface area (Å²) in [6, 6.07) is 11.7. The van der Waals surface area contributed by atoms with Crippen molar-refractivity contribution in [3.63, 3.8) is 0 Å². The van der Waals surface area contributed by atoms with Gasteiger partial charge in [0.15, 0.2) is 0 Å². The van der Waals surface area contributed by atoms with Crippen molar-refractivity contribution in [2.75, 3.05) is 4.83 Å².